The number of nitrogens with two attached hydrogens (primary N) is 1. The summed E-state index contributed by atoms with van der Waals surface area (Å²) in [5.41, 5.74) is 2.91. The van der Waals surface area contributed by atoms with E-state index in [1.54, 1.807) is 0 Å². The fraction of sp³-hybridized carbons (Fsp3) is 0.500. The van der Waals surface area contributed by atoms with Gasteiger partial charge in [-0.15, -0.1) is 11.3 Å². The third kappa shape index (κ3) is 1.57. The zero-order chi connectivity index (χ0) is 9.42. The van der Waals surface area contributed by atoms with Crippen molar-refractivity contribution in [2.45, 2.75) is 25.7 Å². The minimum absolute atomic E-state index is 0.234. The lowest BCUT2D eigenvalue weighted by molar-refractivity contribution is 0.0957. The Kier molecular flexibility index (Phi) is 2.05. The zero-order valence-electron chi connectivity index (χ0n) is 7.33. The summed E-state index contributed by atoms with van der Waals surface area (Å²) in [6.45, 7) is 1.84. The number of aryl methyl sites for hydroxylation is 1. The van der Waals surface area contributed by atoms with Gasteiger partial charge in [0.25, 0.3) is 5.91 Å². The molecule has 0 saturated heterocycles. The Morgan fingerprint density at radius 1 is 1.69 bits per heavy atom. The number of carbonyl (C=O) groups excluding carboxylic acids is 1. The van der Waals surface area contributed by atoms with Crippen molar-refractivity contribution < 1.29 is 4.79 Å². The first-order valence-electron chi connectivity index (χ1n) is 4.20. The molecule has 0 bridgehead atoms. The van der Waals surface area contributed by atoms with Crippen molar-refractivity contribution in [3.63, 3.8) is 0 Å². The topological polar surface area (TPSA) is 68.0 Å². The smallest absolute Gasteiger partial charge is 0.277 e. The fourth-order valence-corrected chi connectivity index (χ4v) is 2.34. The van der Waals surface area contributed by atoms with Gasteiger partial charge in [-0.25, -0.2) is 10.8 Å². The maximum atomic E-state index is 11.2. The van der Waals surface area contributed by atoms with E-state index in [4.69, 9.17) is 5.84 Å². The number of carbonyl (C=O) groups is 1. The van der Waals surface area contributed by atoms with E-state index in [1.807, 2.05) is 6.92 Å². The highest BCUT2D eigenvalue weighted by atomic mass is 32.1. The van der Waals surface area contributed by atoms with Crippen LogP contribution >= 0.6 is 11.3 Å². The number of aromatic nitrogens is 1. The third-order valence-electron chi connectivity index (χ3n) is 2.08. The van der Waals surface area contributed by atoms with Crippen LogP contribution in [0.1, 0.15) is 39.1 Å². The monoisotopic (exact) mass is 197 g/mol. The normalized spacial score (nSPS) is 15.8. The molecule has 0 atom stereocenters. The van der Waals surface area contributed by atoms with Crippen molar-refractivity contribution >= 4 is 17.2 Å². The lowest BCUT2D eigenvalue weighted by Gasteiger charge is -1.93. The lowest BCUT2D eigenvalue weighted by Crippen LogP contribution is -2.29. The molecule has 70 valence electrons. The van der Waals surface area contributed by atoms with Gasteiger partial charge in [-0.3, -0.25) is 10.2 Å². The van der Waals surface area contributed by atoms with Crippen molar-refractivity contribution in [3.05, 3.63) is 15.6 Å². The summed E-state index contributed by atoms with van der Waals surface area (Å²) >= 11 is 1.46. The van der Waals surface area contributed by atoms with Crippen LogP contribution < -0.4 is 11.3 Å². The predicted molar refractivity (Wildman–Crippen MR) is 50.5 cm³/mol. The van der Waals surface area contributed by atoms with E-state index in [-0.39, 0.29) is 5.91 Å². The number of nitrogens with zero attached hydrogens (tertiary/aromatic N) is 1. The summed E-state index contributed by atoms with van der Waals surface area (Å²) in [5.74, 6) is 5.42. The molecule has 1 heterocycles. The molecule has 3 N–H and O–H groups in total. The standard InChI is InChI=1S/C8H11N3OS/c1-4-6(7(12)11-9)13-8(10-4)5-2-3-5/h5H,2-3,9H2,1H3,(H,11,12). The van der Waals surface area contributed by atoms with Crippen LogP contribution in [0.5, 0.6) is 0 Å². The predicted octanol–water partition coefficient (Wildman–Crippen LogP) is 0.932. The molecule has 1 aromatic heterocycles. The molecule has 4 nitrogen and oxygen atoms in total. The first kappa shape index (κ1) is 8.65. The Morgan fingerprint density at radius 2 is 2.38 bits per heavy atom. The van der Waals surface area contributed by atoms with Gasteiger partial charge in [0.05, 0.1) is 10.7 Å². The first-order valence-corrected chi connectivity index (χ1v) is 5.02. The maximum absolute atomic E-state index is 11.2. The van der Waals surface area contributed by atoms with Crippen LogP contribution in [0.15, 0.2) is 0 Å². The highest BCUT2D eigenvalue weighted by molar-refractivity contribution is 7.13. The molecule has 1 saturated carbocycles. The molecular formula is C8H11N3OS. The molecule has 5 heteroatoms. The highest BCUT2D eigenvalue weighted by Gasteiger charge is 2.28. The van der Waals surface area contributed by atoms with E-state index < -0.39 is 0 Å². The molecule has 1 aliphatic rings. The quantitative estimate of drug-likeness (QED) is 0.421. The van der Waals surface area contributed by atoms with Crippen molar-refractivity contribution in [1.82, 2.24) is 10.4 Å². The molecular weight excluding hydrogens is 186 g/mol. The summed E-state index contributed by atoms with van der Waals surface area (Å²) < 4.78 is 0. The van der Waals surface area contributed by atoms with E-state index in [9.17, 15) is 4.79 Å². The van der Waals surface area contributed by atoms with E-state index in [0.717, 1.165) is 10.7 Å². The number of nitrogens with one attached hydrogen (secondary N) is 1. The number of amides is 1. The van der Waals surface area contributed by atoms with Crippen molar-refractivity contribution in [1.29, 1.82) is 0 Å². The van der Waals surface area contributed by atoms with Crippen LogP contribution in [0.25, 0.3) is 0 Å². The van der Waals surface area contributed by atoms with Gasteiger partial charge in [0.15, 0.2) is 0 Å². The molecule has 1 fully saturated rings. The second kappa shape index (κ2) is 3.08. The zero-order valence-corrected chi connectivity index (χ0v) is 8.15. The number of hydrazine groups is 1. The van der Waals surface area contributed by atoms with Gasteiger partial charge in [-0.05, 0) is 19.8 Å². The number of hydrogen-bond acceptors (Lipinski definition) is 4. The summed E-state index contributed by atoms with van der Waals surface area (Å²) in [4.78, 5) is 16.2. The van der Waals surface area contributed by atoms with Crippen molar-refractivity contribution in [2.24, 2.45) is 5.84 Å². The second-order valence-corrected chi connectivity index (χ2v) is 4.25. The average molecular weight is 197 g/mol. The third-order valence-corrected chi connectivity index (χ3v) is 3.40. The van der Waals surface area contributed by atoms with Crippen molar-refractivity contribution in [3.8, 4) is 0 Å². The number of nitrogen functional groups attached to an aromatic ring is 1. The number of thiazole rings is 1. The minimum Gasteiger partial charge on any atom is -0.289 e. The molecule has 0 spiro atoms. The SMILES string of the molecule is Cc1nc(C2CC2)sc1C(=O)NN. The molecule has 1 aliphatic carbocycles. The molecule has 0 aliphatic heterocycles. The molecule has 1 amide bonds. The molecule has 0 aromatic carbocycles. The number of hydrogen-bond donors (Lipinski definition) is 2. The van der Waals surface area contributed by atoms with Crippen LogP contribution in [0.4, 0.5) is 0 Å². The van der Waals surface area contributed by atoms with Gasteiger partial charge in [0, 0.05) is 5.92 Å². The van der Waals surface area contributed by atoms with Gasteiger partial charge >= 0.3 is 0 Å². The van der Waals surface area contributed by atoms with E-state index in [1.165, 1.54) is 24.2 Å². The first-order chi connectivity index (χ1) is 6.22. The average Bonchev–Trinajstić information content (AvgIpc) is 2.89. The van der Waals surface area contributed by atoms with E-state index in [2.05, 4.69) is 10.4 Å². The number of rotatable bonds is 2. The summed E-state index contributed by atoms with van der Waals surface area (Å²) in [5, 5.41) is 1.08. The van der Waals surface area contributed by atoms with Crippen LogP contribution in [0.3, 0.4) is 0 Å². The van der Waals surface area contributed by atoms with E-state index >= 15 is 0 Å². The lowest BCUT2D eigenvalue weighted by atomic mass is 10.4. The largest absolute Gasteiger partial charge is 0.289 e. The Hall–Kier alpha value is -0.940. The van der Waals surface area contributed by atoms with Gasteiger partial charge < -0.3 is 0 Å². The molecule has 13 heavy (non-hydrogen) atoms. The van der Waals surface area contributed by atoms with Crippen LogP contribution in [0.2, 0.25) is 0 Å². The Balaban J connectivity index is 2.29. The second-order valence-electron chi connectivity index (χ2n) is 3.21. The van der Waals surface area contributed by atoms with Gasteiger partial charge in [0.1, 0.15) is 4.88 Å². The Bertz CT molecular complexity index is 343. The van der Waals surface area contributed by atoms with E-state index in [0.29, 0.717) is 10.8 Å². The van der Waals surface area contributed by atoms with Crippen LogP contribution in [-0.2, 0) is 0 Å². The summed E-state index contributed by atoms with van der Waals surface area (Å²) in [6.07, 6.45) is 2.41. The molecule has 0 radical (unpaired) electrons. The van der Waals surface area contributed by atoms with Crippen LogP contribution in [0, 0.1) is 6.92 Å². The summed E-state index contributed by atoms with van der Waals surface area (Å²) in [7, 11) is 0. The van der Waals surface area contributed by atoms with Gasteiger partial charge in [0.2, 0.25) is 0 Å². The Labute approximate surface area is 80.1 Å². The molecule has 1 aromatic rings. The molecule has 2 rings (SSSR count). The maximum Gasteiger partial charge on any atom is 0.277 e. The van der Waals surface area contributed by atoms with Crippen LogP contribution in [-0.4, -0.2) is 10.9 Å². The fourth-order valence-electron chi connectivity index (χ4n) is 1.20. The van der Waals surface area contributed by atoms with Crippen molar-refractivity contribution in [2.75, 3.05) is 0 Å². The van der Waals surface area contributed by atoms with Gasteiger partial charge in [-0.2, -0.15) is 0 Å². The minimum atomic E-state index is -0.234. The molecule has 0 unspecified atom stereocenters. The Morgan fingerprint density at radius 3 is 2.92 bits per heavy atom. The summed E-state index contributed by atoms with van der Waals surface area (Å²) in [6, 6.07) is 0. The highest BCUT2D eigenvalue weighted by Crippen LogP contribution is 2.42. The van der Waals surface area contributed by atoms with Gasteiger partial charge in [-0.1, -0.05) is 0 Å².